The summed E-state index contributed by atoms with van der Waals surface area (Å²) in [6.45, 7) is 4.46. The average molecular weight is 259 g/mol. The summed E-state index contributed by atoms with van der Waals surface area (Å²) in [6.07, 6.45) is 4.08. The summed E-state index contributed by atoms with van der Waals surface area (Å²) in [4.78, 5) is 16.8. The topological polar surface area (TPSA) is 60.7 Å². The molecule has 0 bridgehead atoms. The van der Waals surface area contributed by atoms with E-state index < -0.39 is 0 Å². The number of aromatic nitrogens is 2. The van der Waals surface area contributed by atoms with Crippen LogP contribution < -0.4 is 11.0 Å². The first kappa shape index (κ1) is 12.5. The molecule has 1 saturated carbocycles. The van der Waals surface area contributed by atoms with E-state index >= 15 is 0 Å². The fourth-order valence-corrected chi connectivity index (χ4v) is 2.89. The highest BCUT2D eigenvalue weighted by Gasteiger charge is 2.24. The summed E-state index contributed by atoms with van der Waals surface area (Å²) < 4.78 is 0. The Morgan fingerprint density at radius 2 is 1.95 bits per heavy atom. The number of aromatic amines is 2. The number of benzene rings is 1. The molecule has 0 amide bonds. The molecule has 102 valence electrons. The molecule has 0 saturated heterocycles. The second-order valence-corrected chi connectivity index (χ2v) is 5.75. The van der Waals surface area contributed by atoms with Crippen LogP contribution in [0.2, 0.25) is 0 Å². The largest absolute Gasteiger partial charge is 0.323 e. The summed E-state index contributed by atoms with van der Waals surface area (Å²) >= 11 is 0. The van der Waals surface area contributed by atoms with E-state index in [0.717, 1.165) is 17.0 Å². The summed E-state index contributed by atoms with van der Waals surface area (Å²) in [5, 5.41) is 3.67. The van der Waals surface area contributed by atoms with E-state index in [9.17, 15) is 4.79 Å². The Bertz CT molecular complexity index is 624. The predicted molar refractivity (Wildman–Crippen MR) is 77.3 cm³/mol. The van der Waals surface area contributed by atoms with Crippen molar-refractivity contribution in [3.05, 3.63) is 34.2 Å². The van der Waals surface area contributed by atoms with Gasteiger partial charge in [-0.15, -0.1) is 0 Å². The Balaban J connectivity index is 1.76. The lowest BCUT2D eigenvalue weighted by Gasteiger charge is -2.34. The number of rotatable bonds is 4. The molecule has 2 aromatic rings. The molecule has 1 aliphatic rings. The third-order valence-corrected chi connectivity index (χ3v) is 4.41. The zero-order valence-electron chi connectivity index (χ0n) is 11.5. The smallest absolute Gasteiger partial charge is 0.307 e. The zero-order chi connectivity index (χ0) is 13.4. The van der Waals surface area contributed by atoms with Gasteiger partial charge in [0.2, 0.25) is 0 Å². The molecule has 1 aliphatic carbocycles. The molecule has 3 rings (SSSR count). The minimum atomic E-state index is -0.143. The molecule has 2 atom stereocenters. The third kappa shape index (κ3) is 2.45. The van der Waals surface area contributed by atoms with Crippen molar-refractivity contribution < 1.29 is 0 Å². The number of nitrogens with one attached hydrogen (secondary N) is 3. The molecule has 0 aliphatic heterocycles. The fourth-order valence-electron chi connectivity index (χ4n) is 2.89. The van der Waals surface area contributed by atoms with E-state index in [4.69, 9.17) is 0 Å². The molecule has 0 spiro atoms. The lowest BCUT2D eigenvalue weighted by molar-refractivity contribution is 0.230. The van der Waals surface area contributed by atoms with E-state index in [2.05, 4.69) is 41.3 Å². The van der Waals surface area contributed by atoms with Gasteiger partial charge < -0.3 is 15.3 Å². The normalized spacial score (nSPS) is 19.3. The van der Waals surface area contributed by atoms with Gasteiger partial charge in [-0.05, 0) is 50.3 Å². The SMILES string of the molecule is CC(NC(C)C1CCC1)c1ccc2[nH]c(=O)[nH]c2c1. The van der Waals surface area contributed by atoms with Crippen LogP contribution in [0.3, 0.4) is 0 Å². The molecule has 0 radical (unpaired) electrons. The second-order valence-electron chi connectivity index (χ2n) is 5.75. The van der Waals surface area contributed by atoms with Crippen LogP contribution in [0, 0.1) is 5.92 Å². The van der Waals surface area contributed by atoms with E-state index in [1.54, 1.807) is 0 Å². The Hall–Kier alpha value is -1.55. The number of hydrogen-bond acceptors (Lipinski definition) is 2. The van der Waals surface area contributed by atoms with Crippen LogP contribution in [0.1, 0.15) is 44.7 Å². The Labute approximate surface area is 112 Å². The van der Waals surface area contributed by atoms with Crippen molar-refractivity contribution in [1.82, 2.24) is 15.3 Å². The predicted octanol–water partition coefficient (Wildman–Crippen LogP) is 2.70. The maximum absolute atomic E-state index is 11.3. The quantitative estimate of drug-likeness (QED) is 0.790. The second kappa shape index (κ2) is 4.85. The van der Waals surface area contributed by atoms with E-state index in [0.29, 0.717) is 12.1 Å². The molecular formula is C15H21N3O. The molecular weight excluding hydrogens is 238 g/mol. The van der Waals surface area contributed by atoms with Gasteiger partial charge in [-0.25, -0.2) is 4.79 Å². The van der Waals surface area contributed by atoms with Crippen molar-refractivity contribution in [3.8, 4) is 0 Å². The fraction of sp³-hybridized carbons (Fsp3) is 0.533. The van der Waals surface area contributed by atoms with Crippen molar-refractivity contribution in [2.75, 3.05) is 0 Å². The first-order valence-corrected chi connectivity index (χ1v) is 7.11. The standard InChI is InChI=1S/C15H21N3O/c1-9(11-4-3-5-11)16-10(2)12-6-7-13-14(8-12)18-15(19)17-13/h6-11,16H,3-5H2,1-2H3,(H2,17,18,19). The van der Waals surface area contributed by atoms with Gasteiger partial charge in [0.05, 0.1) is 11.0 Å². The van der Waals surface area contributed by atoms with Crippen molar-refractivity contribution in [3.63, 3.8) is 0 Å². The molecule has 2 unspecified atom stereocenters. The van der Waals surface area contributed by atoms with Crippen molar-refractivity contribution in [2.45, 2.75) is 45.2 Å². The molecule has 4 heteroatoms. The van der Waals surface area contributed by atoms with E-state index in [1.807, 2.05) is 6.07 Å². The number of hydrogen-bond donors (Lipinski definition) is 3. The summed E-state index contributed by atoms with van der Waals surface area (Å²) in [6, 6.07) is 6.97. The number of imidazole rings is 1. The lowest BCUT2D eigenvalue weighted by atomic mass is 9.80. The molecule has 3 N–H and O–H groups in total. The first-order valence-electron chi connectivity index (χ1n) is 7.11. The van der Waals surface area contributed by atoms with Crippen LogP contribution in [0.4, 0.5) is 0 Å². The summed E-state index contributed by atoms with van der Waals surface area (Å²) in [5.41, 5.74) is 2.82. The molecule has 1 aromatic heterocycles. The highest BCUT2D eigenvalue weighted by atomic mass is 16.1. The van der Waals surface area contributed by atoms with E-state index in [-0.39, 0.29) is 5.69 Å². The van der Waals surface area contributed by atoms with Gasteiger partial charge >= 0.3 is 5.69 Å². The Kier molecular flexibility index (Phi) is 3.19. The van der Waals surface area contributed by atoms with Crippen LogP contribution in [-0.2, 0) is 0 Å². The van der Waals surface area contributed by atoms with Gasteiger partial charge in [-0.1, -0.05) is 12.5 Å². The maximum Gasteiger partial charge on any atom is 0.323 e. The van der Waals surface area contributed by atoms with Crippen molar-refractivity contribution in [2.24, 2.45) is 5.92 Å². The molecule has 19 heavy (non-hydrogen) atoms. The van der Waals surface area contributed by atoms with Crippen LogP contribution in [0.15, 0.2) is 23.0 Å². The van der Waals surface area contributed by atoms with Crippen LogP contribution in [0.25, 0.3) is 11.0 Å². The lowest BCUT2D eigenvalue weighted by Crippen LogP contribution is -2.38. The molecule has 1 heterocycles. The number of fused-ring (bicyclic) bond motifs is 1. The van der Waals surface area contributed by atoms with Crippen LogP contribution in [-0.4, -0.2) is 16.0 Å². The highest BCUT2D eigenvalue weighted by molar-refractivity contribution is 5.75. The average Bonchev–Trinajstić information content (AvgIpc) is 2.65. The van der Waals surface area contributed by atoms with Gasteiger partial charge in [-0.3, -0.25) is 0 Å². The van der Waals surface area contributed by atoms with Crippen LogP contribution in [0.5, 0.6) is 0 Å². The van der Waals surface area contributed by atoms with Crippen molar-refractivity contribution >= 4 is 11.0 Å². The highest BCUT2D eigenvalue weighted by Crippen LogP contribution is 2.30. The minimum absolute atomic E-state index is 0.143. The van der Waals surface area contributed by atoms with Gasteiger partial charge in [0.1, 0.15) is 0 Å². The first-order chi connectivity index (χ1) is 9.13. The van der Waals surface area contributed by atoms with Gasteiger partial charge in [0.25, 0.3) is 0 Å². The Morgan fingerprint density at radius 3 is 2.63 bits per heavy atom. The Morgan fingerprint density at radius 1 is 1.21 bits per heavy atom. The van der Waals surface area contributed by atoms with Crippen molar-refractivity contribution in [1.29, 1.82) is 0 Å². The monoisotopic (exact) mass is 259 g/mol. The van der Waals surface area contributed by atoms with Gasteiger partial charge in [0, 0.05) is 12.1 Å². The minimum Gasteiger partial charge on any atom is -0.307 e. The molecule has 1 fully saturated rings. The maximum atomic E-state index is 11.3. The third-order valence-electron chi connectivity index (χ3n) is 4.41. The summed E-state index contributed by atoms with van der Waals surface area (Å²) in [7, 11) is 0. The molecule has 4 nitrogen and oxygen atoms in total. The molecule has 1 aromatic carbocycles. The van der Waals surface area contributed by atoms with Crippen LogP contribution >= 0.6 is 0 Å². The van der Waals surface area contributed by atoms with Gasteiger partial charge in [0.15, 0.2) is 0 Å². The van der Waals surface area contributed by atoms with E-state index in [1.165, 1.54) is 24.8 Å². The van der Waals surface area contributed by atoms with Gasteiger partial charge in [-0.2, -0.15) is 0 Å². The zero-order valence-corrected chi connectivity index (χ0v) is 11.5. The number of H-pyrrole nitrogens is 2. The summed E-state index contributed by atoms with van der Waals surface area (Å²) in [5.74, 6) is 0.832.